The first kappa shape index (κ1) is 10.2. The first-order valence-corrected chi connectivity index (χ1v) is 3.89. The summed E-state index contributed by atoms with van der Waals surface area (Å²) >= 11 is 0. The molecule has 0 saturated carbocycles. The lowest BCUT2D eigenvalue weighted by atomic mass is 10.2. The number of hydrogen-bond acceptors (Lipinski definition) is 5. The van der Waals surface area contributed by atoms with E-state index in [1.54, 1.807) is 13.0 Å². The minimum atomic E-state index is -0.907. The summed E-state index contributed by atoms with van der Waals surface area (Å²) in [4.78, 5) is 21.4. The summed E-state index contributed by atoms with van der Waals surface area (Å²) in [7, 11) is 1.23. The highest BCUT2D eigenvalue weighted by Gasteiger charge is 2.23. The van der Waals surface area contributed by atoms with Crippen LogP contribution in [0, 0.1) is 6.92 Å². The summed E-state index contributed by atoms with van der Waals surface area (Å²) in [6.45, 7) is 1.69. The van der Waals surface area contributed by atoms with Gasteiger partial charge in [0, 0.05) is 6.07 Å². The fourth-order valence-corrected chi connectivity index (χ4v) is 0.982. The van der Waals surface area contributed by atoms with E-state index in [-0.39, 0.29) is 0 Å². The number of nitrogens with zero attached hydrogens (tertiary/aromatic N) is 1. The predicted octanol–water partition coefficient (Wildman–Crippen LogP) is -0.0569. The predicted molar refractivity (Wildman–Crippen MR) is 45.2 cm³/mol. The molecule has 1 aromatic heterocycles. The van der Waals surface area contributed by atoms with Crippen molar-refractivity contribution in [2.75, 3.05) is 7.11 Å². The third-order valence-electron chi connectivity index (χ3n) is 1.61. The van der Waals surface area contributed by atoms with Crippen LogP contribution in [0.1, 0.15) is 17.5 Å². The molecule has 6 heteroatoms. The largest absolute Gasteiger partial charge is 0.467 e. The highest BCUT2D eigenvalue weighted by atomic mass is 16.5. The highest BCUT2D eigenvalue weighted by Crippen LogP contribution is 2.13. The molecule has 0 aromatic carbocycles. The van der Waals surface area contributed by atoms with E-state index in [1.165, 1.54) is 7.11 Å². The van der Waals surface area contributed by atoms with Gasteiger partial charge in [0.1, 0.15) is 11.5 Å². The van der Waals surface area contributed by atoms with Gasteiger partial charge in [0.25, 0.3) is 0 Å². The van der Waals surface area contributed by atoms with Crippen LogP contribution in [0.5, 0.6) is 0 Å². The monoisotopic (exact) mass is 198 g/mol. The van der Waals surface area contributed by atoms with Gasteiger partial charge in [-0.1, -0.05) is 5.16 Å². The molecule has 0 fully saturated rings. The molecule has 0 saturated heterocycles. The lowest BCUT2D eigenvalue weighted by Crippen LogP contribution is -2.28. The second-order valence-corrected chi connectivity index (χ2v) is 2.60. The van der Waals surface area contributed by atoms with Gasteiger partial charge in [-0.3, -0.25) is 4.79 Å². The Balaban J connectivity index is 2.87. The van der Waals surface area contributed by atoms with Crippen molar-refractivity contribution in [3.8, 4) is 0 Å². The van der Waals surface area contributed by atoms with Gasteiger partial charge in [-0.25, -0.2) is 4.79 Å². The summed E-state index contributed by atoms with van der Waals surface area (Å²) in [5.41, 5.74) is 0.321. The van der Waals surface area contributed by atoms with Crippen molar-refractivity contribution >= 4 is 12.4 Å². The Morgan fingerprint density at radius 3 is 2.93 bits per heavy atom. The van der Waals surface area contributed by atoms with Crippen LogP contribution < -0.4 is 5.32 Å². The van der Waals surface area contributed by atoms with E-state index in [0.717, 1.165) is 0 Å². The average molecular weight is 198 g/mol. The van der Waals surface area contributed by atoms with Gasteiger partial charge >= 0.3 is 5.97 Å². The molecule has 14 heavy (non-hydrogen) atoms. The second-order valence-electron chi connectivity index (χ2n) is 2.60. The van der Waals surface area contributed by atoms with Crippen LogP contribution in [0.15, 0.2) is 10.6 Å². The summed E-state index contributed by atoms with van der Waals surface area (Å²) < 4.78 is 9.26. The zero-order valence-corrected chi connectivity index (χ0v) is 7.81. The standard InChI is InChI=1S/C8H10N2O4/c1-5-3-6(10-14-5)7(9-4-11)8(12)13-2/h3-4,7H,1-2H3,(H,9,11)/t7-/m1/s1. The van der Waals surface area contributed by atoms with Crippen LogP contribution in [-0.2, 0) is 14.3 Å². The molecule has 6 nitrogen and oxygen atoms in total. The molecule has 1 atom stereocenters. The van der Waals surface area contributed by atoms with Gasteiger partial charge in [-0.15, -0.1) is 0 Å². The fourth-order valence-electron chi connectivity index (χ4n) is 0.982. The normalized spacial score (nSPS) is 11.9. The number of hydrogen-bond donors (Lipinski definition) is 1. The minimum Gasteiger partial charge on any atom is -0.467 e. The molecule has 0 spiro atoms. The third kappa shape index (κ3) is 2.09. The summed E-state index contributed by atoms with van der Waals surface area (Å²) in [6, 6.07) is 0.646. The smallest absolute Gasteiger partial charge is 0.334 e. The topological polar surface area (TPSA) is 81.4 Å². The maximum Gasteiger partial charge on any atom is 0.334 e. The Hall–Kier alpha value is -1.85. The van der Waals surface area contributed by atoms with Crippen LogP contribution in [0.3, 0.4) is 0 Å². The first-order valence-electron chi connectivity index (χ1n) is 3.89. The maximum atomic E-state index is 11.2. The first-order chi connectivity index (χ1) is 6.69. The summed E-state index contributed by atoms with van der Waals surface area (Å²) in [5, 5.41) is 5.89. The van der Waals surface area contributed by atoms with Gasteiger partial charge in [-0.2, -0.15) is 0 Å². The summed E-state index contributed by atoms with van der Waals surface area (Å²) in [5.74, 6) is -0.0352. The van der Waals surface area contributed by atoms with Crippen LogP contribution >= 0.6 is 0 Å². The van der Waals surface area contributed by atoms with E-state index in [9.17, 15) is 9.59 Å². The number of nitrogens with one attached hydrogen (secondary N) is 1. The number of aromatic nitrogens is 1. The van der Waals surface area contributed by atoms with Gasteiger partial charge in [0.15, 0.2) is 6.04 Å². The fraction of sp³-hybridized carbons (Fsp3) is 0.375. The molecule has 1 heterocycles. The van der Waals surface area contributed by atoms with E-state index in [1.807, 2.05) is 0 Å². The van der Waals surface area contributed by atoms with Crippen molar-refractivity contribution < 1.29 is 18.8 Å². The Labute approximate surface area is 80.2 Å². The number of carbonyl (C=O) groups is 2. The van der Waals surface area contributed by atoms with Gasteiger partial charge in [-0.05, 0) is 6.92 Å². The van der Waals surface area contributed by atoms with Crippen molar-refractivity contribution in [3.05, 3.63) is 17.5 Å². The molecule has 1 amide bonds. The van der Waals surface area contributed by atoms with Crippen molar-refractivity contribution in [1.29, 1.82) is 0 Å². The van der Waals surface area contributed by atoms with E-state index >= 15 is 0 Å². The van der Waals surface area contributed by atoms with E-state index in [4.69, 9.17) is 4.52 Å². The van der Waals surface area contributed by atoms with Crippen molar-refractivity contribution in [2.24, 2.45) is 0 Å². The van der Waals surface area contributed by atoms with Crippen molar-refractivity contribution in [3.63, 3.8) is 0 Å². The Kier molecular flexibility index (Phi) is 3.22. The number of amides is 1. The van der Waals surface area contributed by atoms with Crippen LogP contribution in [0.2, 0.25) is 0 Å². The zero-order chi connectivity index (χ0) is 10.6. The van der Waals surface area contributed by atoms with Gasteiger partial charge in [0.2, 0.25) is 6.41 Å². The molecular weight excluding hydrogens is 188 g/mol. The Bertz CT molecular complexity index is 334. The minimum absolute atomic E-state index is 0.321. The number of aryl methyl sites for hydroxylation is 1. The number of rotatable bonds is 4. The summed E-state index contributed by atoms with van der Waals surface area (Å²) in [6.07, 6.45) is 0.408. The Morgan fingerprint density at radius 2 is 2.50 bits per heavy atom. The third-order valence-corrected chi connectivity index (χ3v) is 1.61. The number of esters is 1. The molecule has 1 rings (SSSR count). The van der Waals surface area contributed by atoms with Crippen molar-refractivity contribution in [1.82, 2.24) is 10.5 Å². The van der Waals surface area contributed by atoms with Crippen LogP contribution in [-0.4, -0.2) is 24.6 Å². The van der Waals surface area contributed by atoms with Crippen LogP contribution in [0.25, 0.3) is 0 Å². The molecular formula is C8H10N2O4. The lowest BCUT2D eigenvalue weighted by Gasteiger charge is -2.09. The number of ether oxygens (including phenoxy) is 1. The molecule has 0 aliphatic rings. The maximum absolute atomic E-state index is 11.2. The van der Waals surface area contributed by atoms with E-state index < -0.39 is 12.0 Å². The Morgan fingerprint density at radius 1 is 1.79 bits per heavy atom. The zero-order valence-electron chi connectivity index (χ0n) is 7.81. The molecule has 1 aromatic rings. The molecule has 0 bridgehead atoms. The average Bonchev–Trinajstić information content (AvgIpc) is 2.60. The van der Waals surface area contributed by atoms with E-state index in [0.29, 0.717) is 17.9 Å². The van der Waals surface area contributed by atoms with E-state index in [2.05, 4.69) is 15.2 Å². The van der Waals surface area contributed by atoms with Crippen molar-refractivity contribution in [2.45, 2.75) is 13.0 Å². The quantitative estimate of drug-likeness (QED) is 0.541. The molecule has 0 aliphatic carbocycles. The highest BCUT2D eigenvalue weighted by molar-refractivity contribution is 5.79. The second kappa shape index (κ2) is 4.40. The lowest BCUT2D eigenvalue weighted by molar-refractivity contribution is -0.144. The molecule has 76 valence electrons. The molecule has 0 unspecified atom stereocenters. The van der Waals surface area contributed by atoms with Gasteiger partial charge < -0.3 is 14.6 Å². The van der Waals surface area contributed by atoms with Gasteiger partial charge in [0.05, 0.1) is 7.11 Å². The SMILES string of the molecule is COC(=O)[C@H](NC=O)c1cc(C)on1. The van der Waals surface area contributed by atoms with Crippen LogP contribution in [0.4, 0.5) is 0 Å². The molecule has 0 aliphatic heterocycles. The number of carbonyl (C=O) groups excluding carboxylic acids is 2. The molecule has 1 N–H and O–H groups in total. The number of methoxy groups -OCH3 is 1. The molecule has 0 radical (unpaired) electrons.